The standard InChI is InChI=1S/C14H19F2N3O2/c15-11-7-9(14(17)18-21)8-12(16)13(11)19(5-6-20)10-3-1-2-4-10/h7-8,10,20-21H,1-6H2,(H2,17,18). The number of hydrogen-bond donors (Lipinski definition) is 3. The maximum absolute atomic E-state index is 14.3. The van der Waals surface area contributed by atoms with Gasteiger partial charge in [0.1, 0.15) is 17.3 Å². The summed E-state index contributed by atoms with van der Waals surface area (Å²) in [5.74, 6) is -1.91. The Hall–Kier alpha value is -1.89. The Kier molecular flexibility index (Phi) is 4.95. The molecule has 1 saturated carbocycles. The Morgan fingerprint density at radius 1 is 1.29 bits per heavy atom. The van der Waals surface area contributed by atoms with E-state index in [1.54, 1.807) is 4.90 Å². The highest BCUT2D eigenvalue weighted by molar-refractivity contribution is 5.97. The summed E-state index contributed by atoms with van der Waals surface area (Å²) in [6.07, 6.45) is 3.72. The highest BCUT2D eigenvalue weighted by Crippen LogP contribution is 2.32. The average molecular weight is 299 g/mol. The van der Waals surface area contributed by atoms with Crippen LogP contribution in [-0.4, -0.2) is 35.3 Å². The molecule has 0 saturated heterocycles. The summed E-state index contributed by atoms with van der Waals surface area (Å²) in [7, 11) is 0. The number of anilines is 1. The number of oxime groups is 1. The van der Waals surface area contributed by atoms with Crippen LogP contribution >= 0.6 is 0 Å². The minimum Gasteiger partial charge on any atom is -0.409 e. The highest BCUT2D eigenvalue weighted by Gasteiger charge is 2.27. The van der Waals surface area contributed by atoms with E-state index in [9.17, 15) is 8.78 Å². The second kappa shape index (κ2) is 6.71. The van der Waals surface area contributed by atoms with Crippen molar-refractivity contribution in [3.63, 3.8) is 0 Å². The number of aliphatic hydroxyl groups is 1. The van der Waals surface area contributed by atoms with E-state index in [0.717, 1.165) is 37.8 Å². The zero-order valence-electron chi connectivity index (χ0n) is 11.6. The van der Waals surface area contributed by atoms with Crippen LogP contribution in [0, 0.1) is 11.6 Å². The summed E-state index contributed by atoms with van der Waals surface area (Å²) < 4.78 is 28.6. The fraction of sp³-hybridized carbons (Fsp3) is 0.500. The minimum atomic E-state index is -0.781. The van der Waals surface area contributed by atoms with Gasteiger partial charge in [-0.3, -0.25) is 0 Å². The molecule has 1 aliphatic carbocycles. The molecule has 4 N–H and O–H groups in total. The van der Waals surface area contributed by atoms with Gasteiger partial charge in [-0.05, 0) is 25.0 Å². The summed E-state index contributed by atoms with van der Waals surface area (Å²) in [6.45, 7) is -0.0151. The van der Waals surface area contributed by atoms with Crippen molar-refractivity contribution in [3.8, 4) is 0 Å². The van der Waals surface area contributed by atoms with Crippen LogP contribution in [0.2, 0.25) is 0 Å². The van der Waals surface area contributed by atoms with E-state index in [1.165, 1.54) is 0 Å². The van der Waals surface area contributed by atoms with Crippen molar-refractivity contribution in [2.24, 2.45) is 10.9 Å². The number of benzene rings is 1. The van der Waals surface area contributed by atoms with E-state index >= 15 is 0 Å². The second-order valence-electron chi connectivity index (χ2n) is 5.13. The predicted octanol–water partition coefficient (Wildman–Crippen LogP) is 1.80. The Bertz CT molecular complexity index is 508. The molecule has 5 nitrogen and oxygen atoms in total. The fourth-order valence-electron chi connectivity index (χ4n) is 2.85. The number of nitrogens with zero attached hydrogens (tertiary/aromatic N) is 2. The zero-order valence-corrected chi connectivity index (χ0v) is 11.6. The Morgan fingerprint density at radius 3 is 2.33 bits per heavy atom. The molecule has 0 radical (unpaired) electrons. The van der Waals surface area contributed by atoms with Gasteiger partial charge in [-0.15, -0.1) is 0 Å². The van der Waals surface area contributed by atoms with E-state index in [2.05, 4.69) is 5.16 Å². The van der Waals surface area contributed by atoms with Crippen LogP contribution in [0.5, 0.6) is 0 Å². The largest absolute Gasteiger partial charge is 0.409 e. The number of rotatable bonds is 5. The summed E-state index contributed by atoms with van der Waals surface area (Å²) >= 11 is 0. The molecule has 1 aromatic rings. The van der Waals surface area contributed by atoms with Crippen LogP contribution in [0.4, 0.5) is 14.5 Å². The van der Waals surface area contributed by atoms with Gasteiger partial charge in [0.25, 0.3) is 0 Å². The van der Waals surface area contributed by atoms with Crippen molar-refractivity contribution in [2.45, 2.75) is 31.7 Å². The third-order valence-electron chi connectivity index (χ3n) is 3.81. The van der Waals surface area contributed by atoms with Gasteiger partial charge in [-0.2, -0.15) is 0 Å². The van der Waals surface area contributed by atoms with Gasteiger partial charge >= 0.3 is 0 Å². The molecule has 7 heteroatoms. The predicted molar refractivity (Wildman–Crippen MR) is 75.6 cm³/mol. The molecule has 2 rings (SSSR count). The first-order valence-electron chi connectivity index (χ1n) is 6.93. The first-order valence-corrected chi connectivity index (χ1v) is 6.93. The molecule has 0 amide bonds. The molecule has 0 unspecified atom stereocenters. The van der Waals surface area contributed by atoms with Crippen molar-refractivity contribution < 1.29 is 19.1 Å². The topological polar surface area (TPSA) is 82.1 Å². The normalized spacial score (nSPS) is 16.4. The lowest BCUT2D eigenvalue weighted by Gasteiger charge is -2.31. The van der Waals surface area contributed by atoms with Crippen LogP contribution in [0.1, 0.15) is 31.2 Å². The Labute approximate surface area is 121 Å². The van der Waals surface area contributed by atoms with Crippen molar-refractivity contribution in [3.05, 3.63) is 29.3 Å². The molecule has 116 valence electrons. The lowest BCUT2D eigenvalue weighted by Crippen LogP contribution is -2.37. The molecule has 0 atom stereocenters. The van der Waals surface area contributed by atoms with E-state index in [1.807, 2.05) is 0 Å². The summed E-state index contributed by atoms with van der Waals surface area (Å²) in [5.41, 5.74) is 5.17. The van der Waals surface area contributed by atoms with Gasteiger partial charge in [-0.1, -0.05) is 18.0 Å². The summed E-state index contributed by atoms with van der Waals surface area (Å²) in [6, 6.07) is 2.09. The highest BCUT2D eigenvalue weighted by atomic mass is 19.1. The first kappa shape index (κ1) is 15.5. The number of halogens is 2. The maximum atomic E-state index is 14.3. The maximum Gasteiger partial charge on any atom is 0.170 e. The van der Waals surface area contributed by atoms with Crippen molar-refractivity contribution in [2.75, 3.05) is 18.1 Å². The zero-order chi connectivity index (χ0) is 15.4. The molecule has 1 aliphatic rings. The van der Waals surface area contributed by atoms with Gasteiger partial charge in [0.15, 0.2) is 5.84 Å². The van der Waals surface area contributed by atoms with Gasteiger partial charge in [0.05, 0.1) is 6.61 Å². The smallest absolute Gasteiger partial charge is 0.170 e. The van der Waals surface area contributed by atoms with Gasteiger partial charge in [0, 0.05) is 18.2 Å². The lowest BCUT2D eigenvalue weighted by atomic mass is 10.1. The Balaban J connectivity index is 2.40. The van der Waals surface area contributed by atoms with Crippen molar-refractivity contribution >= 4 is 11.5 Å². The van der Waals surface area contributed by atoms with Crippen LogP contribution in [-0.2, 0) is 0 Å². The molecular weight excluding hydrogens is 280 g/mol. The van der Waals surface area contributed by atoms with Gasteiger partial charge in [0.2, 0.25) is 0 Å². The third-order valence-corrected chi connectivity index (χ3v) is 3.81. The Morgan fingerprint density at radius 2 is 1.86 bits per heavy atom. The first-order chi connectivity index (χ1) is 10.1. The summed E-state index contributed by atoms with van der Waals surface area (Å²) in [5, 5.41) is 20.5. The second-order valence-corrected chi connectivity index (χ2v) is 5.13. The lowest BCUT2D eigenvalue weighted by molar-refractivity contribution is 0.296. The van der Waals surface area contributed by atoms with Crippen LogP contribution in [0.3, 0.4) is 0 Å². The van der Waals surface area contributed by atoms with Gasteiger partial charge < -0.3 is 20.9 Å². The van der Waals surface area contributed by atoms with E-state index in [4.69, 9.17) is 16.0 Å². The number of aliphatic hydroxyl groups excluding tert-OH is 1. The molecule has 21 heavy (non-hydrogen) atoms. The van der Waals surface area contributed by atoms with E-state index in [0.29, 0.717) is 0 Å². The van der Waals surface area contributed by atoms with Crippen LogP contribution in [0.25, 0.3) is 0 Å². The molecule has 0 heterocycles. The molecule has 0 spiro atoms. The van der Waals surface area contributed by atoms with Crippen molar-refractivity contribution in [1.82, 2.24) is 0 Å². The SMILES string of the molecule is N/C(=N/O)c1cc(F)c(N(CCO)C2CCCC2)c(F)c1. The fourth-order valence-corrected chi connectivity index (χ4v) is 2.85. The molecule has 1 aromatic carbocycles. The van der Waals surface area contributed by atoms with Gasteiger partial charge in [-0.25, -0.2) is 8.78 Å². The third kappa shape index (κ3) is 3.24. The summed E-state index contributed by atoms with van der Waals surface area (Å²) in [4.78, 5) is 1.58. The molecule has 0 aromatic heterocycles. The van der Waals surface area contributed by atoms with Crippen LogP contribution in [0.15, 0.2) is 17.3 Å². The van der Waals surface area contributed by atoms with Crippen molar-refractivity contribution in [1.29, 1.82) is 0 Å². The number of hydrogen-bond acceptors (Lipinski definition) is 4. The molecule has 0 bridgehead atoms. The van der Waals surface area contributed by atoms with E-state index in [-0.39, 0.29) is 36.3 Å². The average Bonchev–Trinajstić information content (AvgIpc) is 2.98. The quantitative estimate of drug-likeness (QED) is 0.335. The monoisotopic (exact) mass is 299 g/mol. The van der Waals surface area contributed by atoms with E-state index < -0.39 is 11.6 Å². The van der Waals surface area contributed by atoms with Crippen LogP contribution < -0.4 is 10.6 Å². The number of amidine groups is 1. The number of nitrogens with two attached hydrogens (primary N) is 1. The minimum absolute atomic E-state index is 0.0216. The molecule has 1 fully saturated rings. The molecule has 0 aliphatic heterocycles. The molecular formula is C14H19F2N3O2.